The van der Waals surface area contributed by atoms with Crippen LogP contribution < -0.4 is 10.6 Å². The van der Waals surface area contributed by atoms with E-state index in [4.69, 9.17) is 0 Å². The van der Waals surface area contributed by atoms with Crippen molar-refractivity contribution in [3.05, 3.63) is 0 Å². The molecule has 1 rings (SSSR count). The summed E-state index contributed by atoms with van der Waals surface area (Å²) in [7, 11) is 2.06. The predicted octanol–water partition coefficient (Wildman–Crippen LogP) is 0.864. The van der Waals surface area contributed by atoms with Crippen molar-refractivity contribution in [1.82, 2.24) is 15.5 Å². The SMILES string of the molecule is CCN(C)CCNC(=O)C1CC(C)CCN1.Cl. The van der Waals surface area contributed by atoms with Crippen LogP contribution >= 0.6 is 12.4 Å². The molecule has 0 aliphatic carbocycles. The van der Waals surface area contributed by atoms with E-state index in [0.29, 0.717) is 5.92 Å². The molecule has 0 aromatic rings. The zero-order valence-electron chi connectivity index (χ0n) is 11.2. The highest BCUT2D eigenvalue weighted by molar-refractivity contribution is 5.85. The Morgan fingerprint density at radius 2 is 2.24 bits per heavy atom. The molecule has 1 aliphatic rings. The molecule has 4 nitrogen and oxygen atoms in total. The Morgan fingerprint density at radius 1 is 1.53 bits per heavy atom. The Balaban J connectivity index is 0.00000256. The van der Waals surface area contributed by atoms with E-state index in [2.05, 4.69) is 36.4 Å². The average Bonchev–Trinajstić information content (AvgIpc) is 2.28. The fourth-order valence-electron chi connectivity index (χ4n) is 1.96. The van der Waals surface area contributed by atoms with Gasteiger partial charge in [-0.1, -0.05) is 13.8 Å². The fourth-order valence-corrected chi connectivity index (χ4v) is 1.96. The third kappa shape index (κ3) is 6.24. The van der Waals surface area contributed by atoms with Gasteiger partial charge in [0, 0.05) is 13.1 Å². The number of hydrogen-bond donors (Lipinski definition) is 2. The van der Waals surface area contributed by atoms with E-state index in [1.807, 2.05) is 0 Å². The van der Waals surface area contributed by atoms with Crippen LogP contribution in [-0.4, -0.2) is 50.1 Å². The maximum absolute atomic E-state index is 11.8. The van der Waals surface area contributed by atoms with Crippen LogP contribution in [0.2, 0.25) is 0 Å². The van der Waals surface area contributed by atoms with Crippen molar-refractivity contribution in [3.63, 3.8) is 0 Å². The summed E-state index contributed by atoms with van der Waals surface area (Å²) in [6.45, 7) is 7.99. The van der Waals surface area contributed by atoms with E-state index in [1.54, 1.807) is 0 Å². The van der Waals surface area contributed by atoms with Crippen molar-refractivity contribution < 1.29 is 4.79 Å². The van der Waals surface area contributed by atoms with E-state index >= 15 is 0 Å². The van der Waals surface area contributed by atoms with Crippen LogP contribution in [0.15, 0.2) is 0 Å². The molecular formula is C12H26ClN3O. The molecule has 0 aromatic carbocycles. The fraction of sp³-hybridized carbons (Fsp3) is 0.917. The second kappa shape index (κ2) is 8.72. The standard InChI is InChI=1S/C12H25N3O.ClH/c1-4-15(3)8-7-14-12(16)11-9-10(2)5-6-13-11;/h10-11,13H,4-9H2,1-3H3,(H,14,16);1H. The normalized spacial score (nSPS) is 24.2. The number of halogens is 1. The van der Waals surface area contributed by atoms with Gasteiger partial charge in [0.2, 0.25) is 5.91 Å². The van der Waals surface area contributed by atoms with Crippen molar-refractivity contribution in [2.24, 2.45) is 5.92 Å². The van der Waals surface area contributed by atoms with Crippen LogP contribution in [0.25, 0.3) is 0 Å². The van der Waals surface area contributed by atoms with Crippen molar-refractivity contribution in [3.8, 4) is 0 Å². The molecule has 1 heterocycles. The van der Waals surface area contributed by atoms with E-state index in [9.17, 15) is 4.79 Å². The van der Waals surface area contributed by atoms with Crippen LogP contribution in [0, 0.1) is 5.92 Å². The Morgan fingerprint density at radius 3 is 2.82 bits per heavy atom. The van der Waals surface area contributed by atoms with Crippen LogP contribution in [0.5, 0.6) is 0 Å². The number of piperidine rings is 1. The lowest BCUT2D eigenvalue weighted by Crippen LogP contribution is -2.49. The molecule has 17 heavy (non-hydrogen) atoms. The van der Waals surface area contributed by atoms with Crippen LogP contribution in [0.4, 0.5) is 0 Å². The molecule has 2 atom stereocenters. The summed E-state index contributed by atoms with van der Waals surface area (Å²) in [4.78, 5) is 14.0. The van der Waals surface area contributed by atoms with Gasteiger partial charge >= 0.3 is 0 Å². The summed E-state index contributed by atoms with van der Waals surface area (Å²) in [6, 6.07) is 0.0238. The topological polar surface area (TPSA) is 44.4 Å². The Bertz CT molecular complexity index is 226. The van der Waals surface area contributed by atoms with Gasteiger partial charge in [-0.3, -0.25) is 4.79 Å². The first-order valence-corrected chi connectivity index (χ1v) is 6.33. The summed E-state index contributed by atoms with van der Waals surface area (Å²) in [5.41, 5.74) is 0. The highest BCUT2D eigenvalue weighted by Crippen LogP contribution is 2.14. The zero-order valence-corrected chi connectivity index (χ0v) is 12.0. The minimum absolute atomic E-state index is 0. The molecule has 0 radical (unpaired) electrons. The first kappa shape index (κ1) is 16.7. The lowest BCUT2D eigenvalue weighted by molar-refractivity contribution is -0.124. The van der Waals surface area contributed by atoms with Gasteiger partial charge in [0.15, 0.2) is 0 Å². The number of hydrogen-bond acceptors (Lipinski definition) is 3. The summed E-state index contributed by atoms with van der Waals surface area (Å²) < 4.78 is 0. The molecule has 5 heteroatoms. The average molecular weight is 264 g/mol. The number of carbonyl (C=O) groups is 1. The molecular weight excluding hydrogens is 238 g/mol. The van der Waals surface area contributed by atoms with Crippen LogP contribution in [0.3, 0.4) is 0 Å². The van der Waals surface area contributed by atoms with Gasteiger partial charge in [-0.25, -0.2) is 0 Å². The minimum atomic E-state index is 0. The number of carbonyl (C=O) groups excluding carboxylic acids is 1. The zero-order chi connectivity index (χ0) is 12.0. The summed E-state index contributed by atoms with van der Waals surface area (Å²) >= 11 is 0. The molecule has 0 saturated carbocycles. The van der Waals surface area contributed by atoms with E-state index in [-0.39, 0.29) is 24.4 Å². The van der Waals surface area contributed by atoms with Crippen molar-refractivity contribution in [2.45, 2.75) is 32.7 Å². The maximum atomic E-state index is 11.8. The largest absolute Gasteiger partial charge is 0.353 e. The maximum Gasteiger partial charge on any atom is 0.237 e. The van der Waals surface area contributed by atoms with Gasteiger partial charge in [0.05, 0.1) is 6.04 Å². The highest BCUT2D eigenvalue weighted by atomic mass is 35.5. The lowest BCUT2D eigenvalue weighted by Gasteiger charge is -2.27. The first-order valence-electron chi connectivity index (χ1n) is 6.33. The van der Waals surface area contributed by atoms with E-state index in [0.717, 1.165) is 32.6 Å². The molecule has 2 N–H and O–H groups in total. The lowest BCUT2D eigenvalue weighted by atomic mass is 9.94. The monoisotopic (exact) mass is 263 g/mol. The number of rotatable bonds is 5. The first-order chi connectivity index (χ1) is 7.63. The number of likely N-dealkylation sites (N-methyl/N-ethyl adjacent to an activating group) is 1. The van der Waals surface area contributed by atoms with E-state index < -0.39 is 0 Å². The molecule has 1 saturated heterocycles. The molecule has 2 unspecified atom stereocenters. The Hall–Kier alpha value is -0.320. The Labute approximate surface area is 111 Å². The van der Waals surface area contributed by atoms with Gasteiger partial charge in [-0.15, -0.1) is 12.4 Å². The molecule has 0 spiro atoms. The number of nitrogens with zero attached hydrogens (tertiary/aromatic N) is 1. The Kier molecular flexibility index (Phi) is 8.56. The predicted molar refractivity (Wildman–Crippen MR) is 73.6 cm³/mol. The smallest absolute Gasteiger partial charge is 0.237 e. The van der Waals surface area contributed by atoms with Gasteiger partial charge < -0.3 is 15.5 Å². The second-order valence-corrected chi connectivity index (χ2v) is 4.82. The quantitative estimate of drug-likeness (QED) is 0.774. The van der Waals surface area contributed by atoms with Gasteiger partial charge in [-0.2, -0.15) is 0 Å². The third-order valence-corrected chi connectivity index (χ3v) is 3.32. The van der Waals surface area contributed by atoms with Crippen LogP contribution in [-0.2, 0) is 4.79 Å². The second-order valence-electron chi connectivity index (χ2n) is 4.82. The molecule has 1 aliphatic heterocycles. The highest BCUT2D eigenvalue weighted by Gasteiger charge is 2.23. The van der Waals surface area contributed by atoms with Crippen LogP contribution in [0.1, 0.15) is 26.7 Å². The van der Waals surface area contributed by atoms with Crippen molar-refractivity contribution >= 4 is 18.3 Å². The molecule has 1 fully saturated rings. The third-order valence-electron chi connectivity index (χ3n) is 3.32. The van der Waals surface area contributed by atoms with Crippen molar-refractivity contribution in [2.75, 3.05) is 33.2 Å². The molecule has 102 valence electrons. The molecule has 1 amide bonds. The van der Waals surface area contributed by atoms with Crippen molar-refractivity contribution in [1.29, 1.82) is 0 Å². The number of nitrogens with one attached hydrogen (secondary N) is 2. The number of amides is 1. The summed E-state index contributed by atoms with van der Waals surface area (Å²) in [6.07, 6.45) is 2.15. The molecule has 0 aromatic heterocycles. The summed E-state index contributed by atoms with van der Waals surface area (Å²) in [5, 5.41) is 6.27. The minimum Gasteiger partial charge on any atom is -0.353 e. The van der Waals surface area contributed by atoms with Gasteiger partial charge in [-0.05, 0) is 38.9 Å². The van der Waals surface area contributed by atoms with Gasteiger partial charge in [0.1, 0.15) is 0 Å². The van der Waals surface area contributed by atoms with Gasteiger partial charge in [0.25, 0.3) is 0 Å². The molecule has 0 bridgehead atoms. The summed E-state index contributed by atoms with van der Waals surface area (Å²) in [5.74, 6) is 0.825. The van der Waals surface area contributed by atoms with E-state index in [1.165, 1.54) is 6.42 Å².